The minimum atomic E-state index is 0.239. The summed E-state index contributed by atoms with van der Waals surface area (Å²) in [5, 5.41) is 0. The lowest BCUT2D eigenvalue weighted by Gasteiger charge is -2.26. The lowest BCUT2D eigenvalue weighted by molar-refractivity contribution is 0.352. The summed E-state index contributed by atoms with van der Waals surface area (Å²) in [6.07, 6.45) is 4.70. The molecule has 1 aliphatic rings. The zero-order valence-electron chi connectivity index (χ0n) is 30.6. The summed E-state index contributed by atoms with van der Waals surface area (Å²) < 4.78 is 12.3. The number of rotatable bonds is 11. The van der Waals surface area contributed by atoms with E-state index in [9.17, 15) is 0 Å². The maximum absolute atomic E-state index is 6.26. The third-order valence-electron chi connectivity index (χ3n) is 9.64. The number of allylic oxidation sites excluding steroid dienone is 4. The Balaban J connectivity index is 1.03. The van der Waals surface area contributed by atoms with Gasteiger partial charge in [-0.3, -0.25) is 0 Å². The van der Waals surface area contributed by atoms with E-state index in [4.69, 9.17) is 20.9 Å². The summed E-state index contributed by atoms with van der Waals surface area (Å²) in [5.74, 6) is 3.46. The summed E-state index contributed by atoms with van der Waals surface area (Å²) in [4.78, 5) is 4.50. The number of para-hydroxylation sites is 2. The van der Waals surface area contributed by atoms with E-state index in [1.807, 2.05) is 72.8 Å². The standard InChI is InChI=1S/C49H42N4O2/c1-35-34-39(51)18-33-49(35)55-48-31-25-45(26-32-48)53(41-10-6-3-7-11-41)43-21-14-37(15-22-43)36-12-19-42(20-13-36)52(40-8-4-2-5-9-40)44-23-29-47(30-24-44)54-46-27-16-38(50)17-28-46/h2-33,35H,34,50-51H2,1H3. The van der Waals surface area contributed by atoms with Gasteiger partial charge in [0.05, 0.1) is 0 Å². The lowest BCUT2D eigenvalue weighted by Crippen LogP contribution is -2.14. The van der Waals surface area contributed by atoms with Crippen LogP contribution in [-0.4, -0.2) is 0 Å². The predicted molar refractivity (Wildman–Crippen MR) is 227 cm³/mol. The Morgan fingerprint density at radius 2 is 0.782 bits per heavy atom. The second-order valence-corrected chi connectivity index (χ2v) is 13.6. The van der Waals surface area contributed by atoms with Gasteiger partial charge in [-0.05, 0) is 151 Å². The molecule has 7 aromatic rings. The van der Waals surface area contributed by atoms with E-state index < -0.39 is 0 Å². The number of anilines is 7. The van der Waals surface area contributed by atoms with Crippen LogP contribution in [0.3, 0.4) is 0 Å². The SMILES string of the molecule is CC1CC(N)=CC=C1Oc1ccc(N(c2ccccc2)c2ccc(-c3ccc(N(c4ccccc4)c4ccc(Oc5ccc(N)cc5)cc4)cc3)cc2)cc1. The molecule has 270 valence electrons. The van der Waals surface area contributed by atoms with Gasteiger partial charge in [0, 0.05) is 51.4 Å². The number of benzene rings is 7. The highest BCUT2D eigenvalue weighted by molar-refractivity contribution is 5.81. The van der Waals surface area contributed by atoms with E-state index in [0.29, 0.717) is 5.69 Å². The largest absolute Gasteiger partial charge is 0.461 e. The molecule has 0 amide bonds. The van der Waals surface area contributed by atoms with Gasteiger partial charge < -0.3 is 30.7 Å². The summed E-state index contributed by atoms with van der Waals surface area (Å²) >= 11 is 0. The highest BCUT2D eigenvalue weighted by atomic mass is 16.5. The molecule has 1 unspecified atom stereocenters. The third-order valence-corrected chi connectivity index (χ3v) is 9.64. The van der Waals surface area contributed by atoms with Crippen LogP contribution in [0.2, 0.25) is 0 Å². The molecule has 0 aliphatic heterocycles. The quantitative estimate of drug-likeness (QED) is 0.130. The molecule has 6 nitrogen and oxygen atoms in total. The molecule has 55 heavy (non-hydrogen) atoms. The Kier molecular flexibility index (Phi) is 10.0. The van der Waals surface area contributed by atoms with Crippen molar-refractivity contribution in [2.75, 3.05) is 15.5 Å². The zero-order valence-corrected chi connectivity index (χ0v) is 30.6. The molecule has 0 heterocycles. The molecule has 1 aliphatic carbocycles. The van der Waals surface area contributed by atoms with Crippen molar-refractivity contribution in [2.24, 2.45) is 11.7 Å². The second-order valence-electron chi connectivity index (χ2n) is 13.6. The molecule has 7 aromatic carbocycles. The van der Waals surface area contributed by atoms with Crippen molar-refractivity contribution in [1.29, 1.82) is 0 Å². The van der Waals surface area contributed by atoms with Gasteiger partial charge in [-0.15, -0.1) is 0 Å². The Morgan fingerprint density at radius 1 is 0.418 bits per heavy atom. The van der Waals surface area contributed by atoms with Crippen LogP contribution in [0, 0.1) is 5.92 Å². The molecule has 0 fully saturated rings. The van der Waals surface area contributed by atoms with Crippen LogP contribution in [0.15, 0.2) is 206 Å². The lowest BCUT2D eigenvalue weighted by atomic mass is 9.98. The van der Waals surface area contributed by atoms with Crippen LogP contribution in [0.5, 0.6) is 17.2 Å². The Hall–Kier alpha value is -7.18. The zero-order chi connectivity index (χ0) is 37.6. The first-order valence-electron chi connectivity index (χ1n) is 18.5. The van der Waals surface area contributed by atoms with Crippen LogP contribution in [-0.2, 0) is 0 Å². The summed E-state index contributed by atoms with van der Waals surface area (Å²) in [6, 6.07) is 62.0. The molecule has 4 N–H and O–H groups in total. The molecule has 6 heteroatoms. The van der Waals surface area contributed by atoms with Gasteiger partial charge in [0.2, 0.25) is 0 Å². The van der Waals surface area contributed by atoms with E-state index in [-0.39, 0.29) is 5.92 Å². The van der Waals surface area contributed by atoms with Gasteiger partial charge in [0.15, 0.2) is 0 Å². The maximum Gasteiger partial charge on any atom is 0.127 e. The van der Waals surface area contributed by atoms with Crippen LogP contribution in [0.1, 0.15) is 13.3 Å². The second kappa shape index (κ2) is 15.8. The van der Waals surface area contributed by atoms with E-state index >= 15 is 0 Å². The van der Waals surface area contributed by atoms with Crippen LogP contribution >= 0.6 is 0 Å². The highest BCUT2D eigenvalue weighted by Crippen LogP contribution is 2.39. The number of nitrogens with zero attached hydrogens (tertiary/aromatic N) is 2. The van der Waals surface area contributed by atoms with Crippen molar-refractivity contribution >= 4 is 39.8 Å². The first kappa shape index (κ1) is 34.9. The first-order valence-corrected chi connectivity index (χ1v) is 18.5. The van der Waals surface area contributed by atoms with Crippen LogP contribution < -0.4 is 30.7 Å². The van der Waals surface area contributed by atoms with Crippen LogP contribution in [0.4, 0.5) is 39.8 Å². The monoisotopic (exact) mass is 718 g/mol. The van der Waals surface area contributed by atoms with E-state index in [1.165, 1.54) is 0 Å². The van der Waals surface area contributed by atoms with Crippen molar-refractivity contribution in [1.82, 2.24) is 0 Å². The highest BCUT2D eigenvalue weighted by Gasteiger charge is 2.18. The minimum Gasteiger partial charge on any atom is -0.461 e. The molecule has 1 atom stereocenters. The van der Waals surface area contributed by atoms with Crippen molar-refractivity contribution in [3.63, 3.8) is 0 Å². The number of ether oxygens (including phenoxy) is 2. The fourth-order valence-corrected chi connectivity index (χ4v) is 6.80. The average Bonchev–Trinajstić information content (AvgIpc) is 3.23. The average molecular weight is 719 g/mol. The normalized spacial score (nSPS) is 13.7. The number of hydrogen-bond acceptors (Lipinski definition) is 6. The Labute approximate surface area is 322 Å². The van der Waals surface area contributed by atoms with Gasteiger partial charge in [0.25, 0.3) is 0 Å². The van der Waals surface area contributed by atoms with Crippen molar-refractivity contribution < 1.29 is 9.47 Å². The molecule has 0 saturated carbocycles. The fraction of sp³-hybridized carbons (Fsp3) is 0.0612. The van der Waals surface area contributed by atoms with E-state index in [2.05, 4.69) is 138 Å². The van der Waals surface area contributed by atoms with Crippen molar-refractivity contribution in [2.45, 2.75) is 13.3 Å². The molecule has 0 spiro atoms. The Bertz CT molecular complexity index is 2390. The van der Waals surface area contributed by atoms with Gasteiger partial charge in [-0.25, -0.2) is 0 Å². The van der Waals surface area contributed by atoms with Gasteiger partial charge >= 0.3 is 0 Å². The minimum absolute atomic E-state index is 0.239. The van der Waals surface area contributed by atoms with Gasteiger partial charge in [0.1, 0.15) is 23.0 Å². The predicted octanol–water partition coefficient (Wildman–Crippen LogP) is 12.8. The summed E-state index contributed by atoms with van der Waals surface area (Å²) in [5.41, 5.74) is 22.0. The Morgan fingerprint density at radius 3 is 1.20 bits per heavy atom. The van der Waals surface area contributed by atoms with Gasteiger partial charge in [-0.2, -0.15) is 0 Å². The first-order chi connectivity index (χ1) is 27.0. The molecule has 8 rings (SSSR count). The maximum atomic E-state index is 6.26. The van der Waals surface area contributed by atoms with Gasteiger partial charge in [-0.1, -0.05) is 67.6 Å². The molecule has 0 radical (unpaired) electrons. The topological polar surface area (TPSA) is 77.0 Å². The number of nitrogens with two attached hydrogens (primary N) is 2. The third kappa shape index (κ3) is 8.09. The molecule has 0 bridgehead atoms. The van der Waals surface area contributed by atoms with E-state index in [1.54, 1.807) is 0 Å². The molecule has 0 aromatic heterocycles. The number of nitrogen functional groups attached to an aromatic ring is 1. The fourth-order valence-electron chi connectivity index (χ4n) is 6.80. The summed E-state index contributed by atoms with van der Waals surface area (Å²) in [7, 11) is 0. The number of hydrogen-bond donors (Lipinski definition) is 2. The molecular formula is C49H42N4O2. The van der Waals surface area contributed by atoms with Crippen LogP contribution in [0.25, 0.3) is 11.1 Å². The summed E-state index contributed by atoms with van der Waals surface area (Å²) in [6.45, 7) is 2.13. The van der Waals surface area contributed by atoms with Crippen molar-refractivity contribution in [3.8, 4) is 28.4 Å². The molecular weight excluding hydrogens is 677 g/mol. The smallest absolute Gasteiger partial charge is 0.127 e. The van der Waals surface area contributed by atoms with Crippen molar-refractivity contribution in [3.05, 3.63) is 206 Å². The van der Waals surface area contributed by atoms with E-state index in [0.717, 1.165) is 80.4 Å². The molecule has 0 saturated heterocycles.